The van der Waals surface area contributed by atoms with Crippen LogP contribution in [0.4, 0.5) is 8.78 Å². The smallest absolute Gasteiger partial charge is 0.161 e. The maximum atomic E-state index is 13.9. The van der Waals surface area contributed by atoms with Crippen LogP contribution >= 0.6 is 0 Å². The van der Waals surface area contributed by atoms with Crippen molar-refractivity contribution in [1.29, 1.82) is 5.26 Å². The van der Waals surface area contributed by atoms with Gasteiger partial charge in [0.25, 0.3) is 0 Å². The Hall–Kier alpha value is -4.18. The molecular weight excluding hydrogens is 412 g/mol. The number of fused-ring (bicyclic) bond motifs is 1. The Kier molecular flexibility index (Phi) is 6.13. The van der Waals surface area contributed by atoms with Crippen molar-refractivity contribution in [3.8, 4) is 17.6 Å². The molecule has 1 aromatic heterocycles. The average Bonchev–Trinajstić information content (AvgIpc) is 3.21. The summed E-state index contributed by atoms with van der Waals surface area (Å²) in [7, 11) is 0. The van der Waals surface area contributed by atoms with Crippen LogP contribution in [0.1, 0.15) is 23.9 Å². The van der Waals surface area contributed by atoms with E-state index in [0.717, 1.165) is 0 Å². The lowest BCUT2D eigenvalue weighted by Gasteiger charge is -2.13. The highest BCUT2D eigenvalue weighted by atomic mass is 19.1. The number of rotatable bonds is 7. The molecule has 0 fully saturated rings. The minimum Gasteiger partial charge on any atom is -0.490 e. The van der Waals surface area contributed by atoms with E-state index in [1.54, 1.807) is 48.5 Å². The van der Waals surface area contributed by atoms with Crippen LogP contribution in [0.5, 0.6) is 11.5 Å². The Bertz CT molecular complexity index is 1340. The maximum Gasteiger partial charge on any atom is 0.161 e. The normalized spacial score (nSPS) is 11.4. The van der Waals surface area contributed by atoms with Crippen molar-refractivity contribution in [3.05, 3.63) is 89.2 Å². The van der Waals surface area contributed by atoms with Gasteiger partial charge in [0, 0.05) is 5.56 Å². The van der Waals surface area contributed by atoms with Gasteiger partial charge >= 0.3 is 0 Å². The van der Waals surface area contributed by atoms with Crippen molar-refractivity contribution in [3.63, 3.8) is 0 Å². The molecule has 0 aliphatic heterocycles. The monoisotopic (exact) mass is 431 g/mol. The number of imidazole rings is 1. The molecule has 4 aromatic rings. The van der Waals surface area contributed by atoms with Gasteiger partial charge in [0.1, 0.15) is 30.1 Å². The Labute approximate surface area is 183 Å². The molecule has 0 radical (unpaired) electrons. The minimum atomic E-state index is -0.387. The number of allylic oxidation sites excluding steroid dienone is 1. The Morgan fingerprint density at radius 1 is 1.06 bits per heavy atom. The number of aromatic amines is 1. The summed E-state index contributed by atoms with van der Waals surface area (Å²) >= 11 is 0. The van der Waals surface area contributed by atoms with Gasteiger partial charge in [0.05, 0.1) is 23.2 Å². The molecule has 4 rings (SSSR count). The molecule has 0 spiro atoms. The lowest BCUT2D eigenvalue weighted by molar-refractivity contribution is 0.266. The fourth-order valence-corrected chi connectivity index (χ4v) is 3.20. The third-order valence-corrected chi connectivity index (χ3v) is 4.74. The zero-order valence-corrected chi connectivity index (χ0v) is 17.2. The molecule has 1 heterocycles. The number of hydrogen-bond acceptors (Lipinski definition) is 4. The number of nitriles is 1. The quantitative estimate of drug-likeness (QED) is 0.371. The summed E-state index contributed by atoms with van der Waals surface area (Å²) in [6.45, 7) is 2.31. The number of hydrogen-bond donors (Lipinski definition) is 1. The van der Waals surface area contributed by atoms with Crippen molar-refractivity contribution in [2.45, 2.75) is 13.5 Å². The second-order valence-corrected chi connectivity index (χ2v) is 6.94. The largest absolute Gasteiger partial charge is 0.490 e. The van der Waals surface area contributed by atoms with E-state index in [1.165, 1.54) is 18.2 Å². The lowest BCUT2D eigenvalue weighted by atomic mass is 10.1. The highest BCUT2D eigenvalue weighted by Crippen LogP contribution is 2.31. The molecule has 160 valence electrons. The van der Waals surface area contributed by atoms with Gasteiger partial charge in [-0.15, -0.1) is 0 Å². The van der Waals surface area contributed by atoms with Crippen LogP contribution in [-0.2, 0) is 6.61 Å². The first-order chi connectivity index (χ1) is 15.6. The van der Waals surface area contributed by atoms with E-state index in [1.807, 2.05) is 6.92 Å². The van der Waals surface area contributed by atoms with Gasteiger partial charge in [0.2, 0.25) is 0 Å². The Morgan fingerprint density at radius 3 is 2.69 bits per heavy atom. The summed E-state index contributed by atoms with van der Waals surface area (Å²) in [5.74, 6) is 0.550. The third-order valence-electron chi connectivity index (χ3n) is 4.74. The molecule has 5 nitrogen and oxygen atoms in total. The second-order valence-electron chi connectivity index (χ2n) is 6.94. The standard InChI is InChI=1S/C25H19F2N3O2/c1-2-31-24-12-16(7-10-23(24)32-15-17-5-3-4-6-20(17)27)11-18(14-28)25-29-21-9-8-19(26)13-22(21)30-25/h3-13H,2,15H2,1H3,(H,29,30)/b18-11-. The summed E-state index contributed by atoms with van der Waals surface area (Å²) in [5.41, 5.74) is 2.48. The van der Waals surface area contributed by atoms with Gasteiger partial charge in [-0.05, 0) is 55.0 Å². The predicted octanol–water partition coefficient (Wildman–Crippen LogP) is 5.88. The first-order valence-electron chi connectivity index (χ1n) is 9.98. The fraction of sp³-hybridized carbons (Fsp3) is 0.120. The number of aromatic nitrogens is 2. The molecule has 7 heteroatoms. The van der Waals surface area contributed by atoms with E-state index < -0.39 is 0 Å². The minimum absolute atomic E-state index is 0.0565. The first-order valence-corrected chi connectivity index (χ1v) is 9.98. The SMILES string of the molecule is CCOc1cc(/C=C(/C#N)c2nc3ccc(F)cc3[nH]2)ccc1OCc1ccccc1F. The van der Waals surface area contributed by atoms with Crippen LogP contribution < -0.4 is 9.47 Å². The van der Waals surface area contributed by atoms with Gasteiger partial charge in [0.15, 0.2) is 11.5 Å². The van der Waals surface area contributed by atoms with E-state index in [4.69, 9.17) is 9.47 Å². The van der Waals surface area contributed by atoms with Crippen molar-refractivity contribution in [2.24, 2.45) is 0 Å². The van der Waals surface area contributed by atoms with Gasteiger partial charge in [-0.1, -0.05) is 24.3 Å². The van der Waals surface area contributed by atoms with Gasteiger partial charge in [-0.25, -0.2) is 13.8 Å². The molecule has 0 atom stereocenters. The molecule has 0 amide bonds. The highest BCUT2D eigenvalue weighted by Gasteiger charge is 2.11. The molecule has 0 bridgehead atoms. The maximum absolute atomic E-state index is 13.9. The summed E-state index contributed by atoms with van der Waals surface area (Å²) in [4.78, 5) is 7.33. The number of H-pyrrole nitrogens is 1. The zero-order chi connectivity index (χ0) is 22.5. The second kappa shape index (κ2) is 9.31. The van der Waals surface area contributed by atoms with Gasteiger partial charge in [-0.2, -0.15) is 5.26 Å². The van der Waals surface area contributed by atoms with Crippen molar-refractivity contribution in [1.82, 2.24) is 9.97 Å². The van der Waals surface area contributed by atoms with Crippen molar-refractivity contribution < 1.29 is 18.3 Å². The summed E-state index contributed by atoms with van der Waals surface area (Å²) in [6.07, 6.45) is 1.65. The number of halogens is 2. The molecule has 0 unspecified atom stereocenters. The van der Waals surface area contributed by atoms with Gasteiger partial charge in [-0.3, -0.25) is 0 Å². The fourth-order valence-electron chi connectivity index (χ4n) is 3.20. The van der Waals surface area contributed by atoms with E-state index in [9.17, 15) is 14.0 Å². The molecule has 0 saturated carbocycles. The third kappa shape index (κ3) is 4.60. The summed E-state index contributed by atoms with van der Waals surface area (Å²) < 4.78 is 38.8. The lowest BCUT2D eigenvalue weighted by Crippen LogP contribution is -2.01. The summed E-state index contributed by atoms with van der Waals surface area (Å²) in [6, 6.07) is 17.9. The molecule has 3 aromatic carbocycles. The Balaban J connectivity index is 1.62. The van der Waals surface area contributed by atoms with E-state index in [-0.39, 0.29) is 23.8 Å². The van der Waals surface area contributed by atoms with Crippen LogP contribution in [0, 0.1) is 23.0 Å². The van der Waals surface area contributed by atoms with Crippen LogP contribution in [-0.4, -0.2) is 16.6 Å². The molecular formula is C25H19F2N3O2. The molecule has 0 aliphatic carbocycles. The van der Waals surface area contributed by atoms with Crippen molar-refractivity contribution >= 4 is 22.7 Å². The van der Waals surface area contributed by atoms with Crippen LogP contribution in [0.15, 0.2) is 60.7 Å². The predicted molar refractivity (Wildman–Crippen MR) is 118 cm³/mol. The van der Waals surface area contributed by atoms with Crippen LogP contribution in [0.3, 0.4) is 0 Å². The number of ether oxygens (including phenoxy) is 2. The van der Waals surface area contributed by atoms with E-state index >= 15 is 0 Å². The first kappa shape index (κ1) is 21.1. The highest BCUT2D eigenvalue weighted by molar-refractivity contribution is 5.90. The number of benzene rings is 3. The molecule has 1 N–H and O–H groups in total. The van der Waals surface area contributed by atoms with Crippen LogP contribution in [0.25, 0.3) is 22.7 Å². The molecule has 0 saturated heterocycles. The van der Waals surface area contributed by atoms with E-state index in [0.29, 0.717) is 46.1 Å². The topological polar surface area (TPSA) is 70.9 Å². The Morgan fingerprint density at radius 2 is 1.91 bits per heavy atom. The van der Waals surface area contributed by atoms with E-state index in [2.05, 4.69) is 16.0 Å². The average molecular weight is 431 g/mol. The van der Waals surface area contributed by atoms with Crippen LogP contribution in [0.2, 0.25) is 0 Å². The number of nitrogens with one attached hydrogen (secondary N) is 1. The zero-order valence-electron chi connectivity index (χ0n) is 17.2. The van der Waals surface area contributed by atoms with Crippen molar-refractivity contribution in [2.75, 3.05) is 6.61 Å². The molecule has 0 aliphatic rings. The number of nitrogens with zero attached hydrogens (tertiary/aromatic N) is 2. The summed E-state index contributed by atoms with van der Waals surface area (Å²) in [5, 5.41) is 9.64. The van der Waals surface area contributed by atoms with Gasteiger partial charge < -0.3 is 14.5 Å². The molecule has 32 heavy (non-hydrogen) atoms.